The summed E-state index contributed by atoms with van der Waals surface area (Å²) in [5, 5.41) is 0. The monoisotopic (exact) mass is 255 g/mol. The van der Waals surface area contributed by atoms with Gasteiger partial charge in [-0.2, -0.15) is 32.5 Å². The molecule has 1 heterocycles. The summed E-state index contributed by atoms with van der Waals surface area (Å²) in [5.41, 5.74) is 5.21. The van der Waals surface area contributed by atoms with Crippen LogP contribution in [0.1, 0.15) is 0 Å². The number of aromatic nitrogens is 3. The van der Waals surface area contributed by atoms with Crippen molar-refractivity contribution in [3.63, 3.8) is 0 Å². The highest BCUT2D eigenvalue weighted by Crippen LogP contribution is 2.25. The van der Waals surface area contributed by atoms with Gasteiger partial charge in [-0.1, -0.05) is 0 Å². The Morgan fingerprint density at radius 1 is 1.24 bits per heavy atom. The molecule has 0 aliphatic rings. The quantitative estimate of drug-likeness (QED) is 0.803. The lowest BCUT2D eigenvalue weighted by atomic mass is 10.6. The fourth-order valence-electron chi connectivity index (χ4n) is 0.773. The molecule has 0 amide bonds. The molecule has 0 radical (unpaired) electrons. The van der Waals surface area contributed by atoms with Gasteiger partial charge in [0, 0.05) is 14.1 Å². The minimum absolute atomic E-state index is 0.0399. The first-order valence-electron chi connectivity index (χ1n) is 4.26. The second-order valence-corrected chi connectivity index (χ2v) is 3.15. The maximum atomic E-state index is 12.6. The Labute approximate surface area is 93.4 Å². The van der Waals surface area contributed by atoms with Crippen LogP contribution in [0.4, 0.5) is 29.5 Å². The summed E-state index contributed by atoms with van der Waals surface area (Å²) in [6.45, 7) is 0. The molecule has 0 aliphatic carbocycles. The highest BCUT2D eigenvalue weighted by molar-refractivity contribution is 5.33. The number of ether oxygens (including phenoxy) is 1. The molecule has 0 aliphatic heterocycles. The first kappa shape index (κ1) is 13.2. The standard InChI is InChI=1S/C7H9F4N5O/c1-16(2)5-13-4(12)14-6(15-5)17-3(8)7(9,10)11/h3H,1-2H3,(H2,12,13,14,15). The summed E-state index contributed by atoms with van der Waals surface area (Å²) < 4.78 is 52.1. The number of hydrogen-bond acceptors (Lipinski definition) is 6. The zero-order chi connectivity index (χ0) is 13.2. The van der Waals surface area contributed by atoms with Gasteiger partial charge in [0.05, 0.1) is 0 Å². The van der Waals surface area contributed by atoms with E-state index >= 15 is 0 Å². The molecule has 1 unspecified atom stereocenters. The highest BCUT2D eigenvalue weighted by atomic mass is 19.4. The molecule has 10 heteroatoms. The molecule has 1 atom stereocenters. The van der Waals surface area contributed by atoms with Gasteiger partial charge in [-0.25, -0.2) is 0 Å². The predicted molar refractivity (Wildman–Crippen MR) is 50.1 cm³/mol. The SMILES string of the molecule is CN(C)c1nc(N)nc(OC(F)C(F)(F)F)n1. The molecule has 6 nitrogen and oxygen atoms in total. The third-order valence-corrected chi connectivity index (χ3v) is 1.49. The normalized spacial score (nSPS) is 13.3. The predicted octanol–water partition coefficient (Wildman–Crippen LogP) is 0.756. The summed E-state index contributed by atoms with van der Waals surface area (Å²) in [5.74, 6) is -0.407. The van der Waals surface area contributed by atoms with Gasteiger partial charge < -0.3 is 15.4 Å². The average Bonchev–Trinajstić information content (AvgIpc) is 2.14. The fourth-order valence-corrected chi connectivity index (χ4v) is 0.773. The molecule has 1 rings (SSSR count). The van der Waals surface area contributed by atoms with E-state index in [1.165, 1.54) is 19.0 Å². The summed E-state index contributed by atoms with van der Waals surface area (Å²) in [4.78, 5) is 11.6. The molecule has 2 N–H and O–H groups in total. The third kappa shape index (κ3) is 3.57. The minimum Gasteiger partial charge on any atom is -0.419 e. The lowest BCUT2D eigenvalue weighted by Gasteiger charge is -2.14. The first-order chi connectivity index (χ1) is 7.70. The van der Waals surface area contributed by atoms with E-state index in [0.717, 1.165) is 0 Å². The van der Waals surface area contributed by atoms with Crippen molar-refractivity contribution in [3.8, 4) is 6.01 Å². The van der Waals surface area contributed by atoms with Crippen LogP contribution < -0.4 is 15.4 Å². The molecule has 0 saturated heterocycles. The summed E-state index contributed by atoms with van der Waals surface area (Å²) >= 11 is 0. The Hall–Kier alpha value is -1.87. The Bertz CT molecular complexity index is 396. The van der Waals surface area contributed by atoms with Gasteiger partial charge in [0.15, 0.2) is 0 Å². The molecule has 96 valence electrons. The number of halogens is 4. The number of nitrogens with two attached hydrogens (primary N) is 1. The second-order valence-electron chi connectivity index (χ2n) is 3.15. The van der Waals surface area contributed by atoms with E-state index in [9.17, 15) is 17.6 Å². The lowest BCUT2D eigenvalue weighted by molar-refractivity contribution is -0.238. The van der Waals surface area contributed by atoms with Crippen molar-refractivity contribution in [2.75, 3.05) is 24.7 Å². The van der Waals surface area contributed by atoms with E-state index in [1.807, 2.05) is 0 Å². The van der Waals surface area contributed by atoms with Crippen LogP contribution in [-0.4, -0.2) is 41.6 Å². The number of nitrogen functional groups attached to an aromatic ring is 1. The van der Waals surface area contributed by atoms with Gasteiger partial charge in [-0.05, 0) is 0 Å². The number of rotatable bonds is 3. The van der Waals surface area contributed by atoms with Crippen LogP contribution in [-0.2, 0) is 0 Å². The van der Waals surface area contributed by atoms with Gasteiger partial charge in [0.2, 0.25) is 11.9 Å². The molecule has 1 aromatic rings. The van der Waals surface area contributed by atoms with Crippen molar-refractivity contribution in [2.45, 2.75) is 12.5 Å². The Morgan fingerprint density at radius 3 is 2.29 bits per heavy atom. The molecule has 0 aromatic carbocycles. The summed E-state index contributed by atoms with van der Waals surface area (Å²) in [7, 11) is 3.05. The summed E-state index contributed by atoms with van der Waals surface area (Å²) in [6, 6.07) is -0.828. The lowest BCUT2D eigenvalue weighted by Crippen LogP contribution is -2.31. The molecule has 0 saturated carbocycles. The molecule has 0 fully saturated rings. The van der Waals surface area contributed by atoms with Crippen molar-refractivity contribution in [1.29, 1.82) is 0 Å². The maximum Gasteiger partial charge on any atom is 0.457 e. The van der Waals surface area contributed by atoms with Crippen molar-refractivity contribution >= 4 is 11.9 Å². The smallest absolute Gasteiger partial charge is 0.419 e. The van der Waals surface area contributed by atoms with Gasteiger partial charge >= 0.3 is 18.5 Å². The Kier molecular flexibility index (Phi) is 3.53. The van der Waals surface area contributed by atoms with E-state index < -0.39 is 18.5 Å². The number of hydrogen-bond donors (Lipinski definition) is 1. The van der Waals surface area contributed by atoms with E-state index in [1.54, 1.807) is 0 Å². The molecule has 0 spiro atoms. The largest absolute Gasteiger partial charge is 0.457 e. The van der Waals surface area contributed by atoms with Crippen LogP contribution in [0.5, 0.6) is 6.01 Å². The van der Waals surface area contributed by atoms with E-state index in [2.05, 4.69) is 19.7 Å². The van der Waals surface area contributed by atoms with E-state index in [0.29, 0.717) is 0 Å². The first-order valence-corrected chi connectivity index (χ1v) is 4.26. The van der Waals surface area contributed by atoms with E-state index in [4.69, 9.17) is 5.73 Å². The molecular weight excluding hydrogens is 246 g/mol. The second kappa shape index (κ2) is 4.55. The van der Waals surface area contributed by atoms with E-state index in [-0.39, 0.29) is 11.9 Å². The topological polar surface area (TPSA) is 77.2 Å². The van der Waals surface area contributed by atoms with Crippen molar-refractivity contribution in [2.24, 2.45) is 0 Å². The summed E-state index contributed by atoms with van der Waals surface area (Å²) in [6.07, 6.45) is -8.67. The number of nitrogens with zero attached hydrogens (tertiary/aromatic N) is 4. The van der Waals surface area contributed by atoms with Crippen LogP contribution in [0.3, 0.4) is 0 Å². The molecular formula is C7H9F4N5O. The van der Waals surface area contributed by atoms with Crippen LogP contribution >= 0.6 is 0 Å². The van der Waals surface area contributed by atoms with Crippen molar-refractivity contribution in [1.82, 2.24) is 15.0 Å². The van der Waals surface area contributed by atoms with Gasteiger partial charge in [-0.3, -0.25) is 0 Å². The number of anilines is 2. The molecule has 17 heavy (non-hydrogen) atoms. The van der Waals surface area contributed by atoms with Crippen LogP contribution in [0.25, 0.3) is 0 Å². The zero-order valence-corrected chi connectivity index (χ0v) is 8.86. The zero-order valence-electron chi connectivity index (χ0n) is 8.86. The molecule has 1 aromatic heterocycles. The third-order valence-electron chi connectivity index (χ3n) is 1.49. The van der Waals surface area contributed by atoms with Gasteiger partial charge in [0.1, 0.15) is 0 Å². The molecule has 0 bridgehead atoms. The Balaban J connectivity index is 2.92. The fraction of sp³-hybridized carbons (Fsp3) is 0.571. The Morgan fingerprint density at radius 2 is 1.82 bits per heavy atom. The average molecular weight is 255 g/mol. The van der Waals surface area contributed by atoms with Crippen LogP contribution in [0.15, 0.2) is 0 Å². The van der Waals surface area contributed by atoms with Crippen LogP contribution in [0.2, 0.25) is 0 Å². The number of alkyl halides is 4. The van der Waals surface area contributed by atoms with Crippen molar-refractivity contribution in [3.05, 3.63) is 0 Å². The minimum atomic E-state index is -5.15. The highest BCUT2D eigenvalue weighted by Gasteiger charge is 2.43. The van der Waals surface area contributed by atoms with Crippen molar-refractivity contribution < 1.29 is 22.3 Å². The maximum absolute atomic E-state index is 12.6. The van der Waals surface area contributed by atoms with Gasteiger partial charge in [-0.15, -0.1) is 0 Å². The van der Waals surface area contributed by atoms with Gasteiger partial charge in [0.25, 0.3) is 0 Å². The van der Waals surface area contributed by atoms with Crippen LogP contribution in [0, 0.1) is 0 Å².